The van der Waals surface area contributed by atoms with E-state index >= 15 is 0 Å². The van der Waals surface area contributed by atoms with Gasteiger partial charge in [0.2, 0.25) is 0 Å². The molecule has 0 atom stereocenters. The summed E-state index contributed by atoms with van der Waals surface area (Å²) in [6, 6.07) is 7.82. The van der Waals surface area contributed by atoms with Gasteiger partial charge in [-0.25, -0.2) is 4.98 Å². The van der Waals surface area contributed by atoms with E-state index < -0.39 is 0 Å². The summed E-state index contributed by atoms with van der Waals surface area (Å²) < 4.78 is 6.45. The number of nitrogens with one attached hydrogen (secondary N) is 1. The van der Waals surface area contributed by atoms with E-state index in [1.54, 1.807) is 0 Å². The zero-order valence-electron chi connectivity index (χ0n) is 10.3. The highest BCUT2D eigenvalue weighted by Gasteiger charge is 2.19. The number of thioether (sulfide) groups is 1. The Morgan fingerprint density at radius 2 is 2.26 bits per heavy atom. The van der Waals surface area contributed by atoms with Gasteiger partial charge >= 0.3 is 0 Å². The molecule has 0 spiro atoms. The summed E-state index contributed by atoms with van der Waals surface area (Å²) in [5, 5.41) is 3.46. The maximum atomic E-state index is 12.2. The van der Waals surface area contributed by atoms with Crippen molar-refractivity contribution in [1.82, 2.24) is 4.98 Å². The third-order valence-electron chi connectivity index (χ3n) is 2.69. The normalized spacial score (nSPS) is 15.4. The monoisotopic (exact) mass is 292 g/mol. The molecule has 2 heterocycles. The minimum Gasteiger partial charge on any atom is -0.496 e. The number of allylic oxidation sites excluding steroid dienone is 1. The SMILES string of the molecule is CC1=C(C(=O)Nc2nc3ccccc3s2)SCCO1. The van der Waals surface area contributed by atoms with E-state index in [0.717, 1.165) is 16.0 Å². The van der Waals surface area contributed by atoms with Crippen LogP contribution in [0.4, 0.5) is 5.13 Å². The number of rotatable bonds is 2. The number of hydrogen-bond acceptors (Lipinski definition) is 5. The van der Waals surface area contributed by atoms with Gasteiger partial charge in [-0.1, -0.05) is 23.5 Å². The fourth-order valence-corrected chi connectivity index (χ4v) is 3.49. The van der Waals surface area contributed by atoms with Crippen LogP contribution >= 0.6 is 23.1 Å². The molecule has 0 radical (unpaired) electrons. The summed E-state index contributed by atoms with van der Waals surface area (Å²) in [6.45, 7) is 2.48. The molecule has 1 aliphatic heterocycles. The molecule has 1 aromatic carbocycles. The second kappa shape index (κ2) is 5.22. The number of anilines is 1. The topological polar surface area (TPSA) is 51.2 Å². The fraction of sp³-hybridized carbons (Fsp3) is 0.231. The maximum absolute atomic E-state index is 12.2. The Labute approximate surface area is 118 Å². The average Bonchev–Trinajstić information content (AvgIpc) is 2.81. The van der Waals surface area contributed by atoms with Crippen LogP contribution in [0, 0.1) is 0 Å². The summed E-state index contributed by atoms with van der Waals surface area (Å²) in [5.74, 6) is 1.36. The van der Waals surface area contributed by atoms with Crippen molar-refractivity contribution in [1.29, 1.82) is 0 Å². The van der Waals surface area contributed by atoms with Gasteiger partial charge in [-0.05, 0) is 19.1 Å². The first-order valence-corrected chi connectivity index (χ1v) is 7.67. The van der Waals surface area contributed by atoms with Crippen LogP contribution in [0.5, 0.6) is 0 Å². The number of para-hydroxylation sites is 1. The minimum atomic E-state index is -0.138. The van der Waals surface area contributed by atoms with Crippen molar-refractivity contribution in [2.75, 3.05) is 17.7 Å². The quantitative estimate of drug-likeness (QED) is 0.923. The number of nitrogens with zero attached hydrogens (tertiary/aromatic N) is 1. The molecule has 98 valence electrons. The molecule has 0 fully saturated rings. The number of fused-ring (bicyclic) bond motifs is 1. The Hall–Kier alpha value is -1.53. The van der Waals surface area contributed by atoms with Crippen molar-refractivity contribution in [3.8, 4) is 0 Å². The van der Waals surface area contributed by atoms with Crippen LogP contribution in [0.3, 0.4) is 0 Å². The highest BCUT2D eigenvalue weighted by Crippen LogP contribution is 2.29. The number of amides is 1. The highest BCUT2D eigenvalue weighted by atomic mass is 32.2. The summed E-state index contributed by atoms with van der Waals surface area (Å²) in [5.41, 5.74) is 0.904. The smallest absolute Gasteiger partial charge is 0.267 e. The fourth-order valence-electron chi connectivity index (χ4n) is 1.81. The molecule has 1 amide bonds. The molecule has 1 N–H and O–H groups in total. The molecule has 4 nitrogen and oxygen atoms in total. The van der Waals surface area contributed by atoms with Crippen LogP contribution < -0.4 is 5.32 Å². The number of carbonyl (C=O) groups is 1. The molecule has 0 saturated carbocycles. The summed E-state index contributed by atoms with van der Waals surface area (Å²) in [4.78, 5) is 17.2. The number of thiazole rings is 1. The Kier molecular flexibility index (Phi) is 3.44. The number of ether oxygens (including phenoxy) is 1. The van der Waals surface area contributed by atoms with Gasteiger partial charge in [0.1, 0.15) is 10.7 Å². The Balaban J connectivity index is 1.82. The van der Waals surface area contributed by atoms with E-state index in [0.29, 0.717) is 22.4 Å². The van der Waals surface area contributed by atoms with Crippen LogP contribution in [0.25, 0.3) is 10.2 Å². The Bertz CT molecular complexity index is 630. The summed E-state index contributed by atoms with van der Waals surface area (Å²) in [7, 11) is 0. The van der Waals surface area contributed by atoms with Gasteiger partial charge in [-0.15, -0.1) is 11.8 Å². The van der Waals surface area contributed by atoms with Crippen LogP contribution in [-0.4, -0.2) is 23.3 Å². The van der Waals surface area contributed by atoms with Crippen molar-refractivity contribution in [3.05, 3.63) is 34.9 Å². The van der Waals surface area contributed by atoms with E-state index in [-0.39, 0.29) is 5.91 Å². The molecule has 1 aromatic heterocycles. The first-order chi connectivity index (χ1) is 9.24. The molecular weight excluding hydrogens is 280 g/mol. The van der Waals surface area contributed by atoms with Gasteiger partial charge in [0.25, 0.3) is 5.91 Å². The molecule has 0 aliphatic carbocycles. The Morgan fingerprint density at radius 1 is 1.42 bits per heavy atom. The summed E-state index contributed by atoms with van der Waals surface area (Å²) in [6.07, 6.45) is 0. The lowest BCUT2D eigenvalue weighted by Crippen LogP contribution is -2.18. The van der Waals surface area contributed by atoms with E-state index in [9.17, 15) is 4.79 Å². The average molecular weight is 292 g/mol. The molecule has 0 bridgehead atoms. The minimum absolute atomic E-state index is 0.138. The second-order valence-electron chi connectivity index (χ2n) is 4.02. The van der Waals surface area contributed by atoms with Crippen molar-refractivity contribution in [3.63, 3.8) is 0 Å². The van der Waals surface area contributed by atoms with Gasteiger partial charge in [0.05, 0.1) is 16.8 Å². The molecular formula is C13H12N2O2S2. The van der Waals surface area contributed by atoms with E-state index in [1.165, 1.54) is 23.1 Å². The van der Waals surface area contributed by atoms with Crippen LogP contribution in [-0.2, 0) is 9.53 Å². The molecule has 0 saturated heterocycles. The van der Waals surface area contributed by atoms with Crippen LogP contribution in [0.1, 0.15) is 6.92 Å². The Morgan fingerprint density at radius 3 is 3.05 bits per heavy atom. The number of hydrogen-bond donors (Lipinski definition) is 1. The zero-order valence-corrected chi connectivity index (χ0v) is 11.9. The van der Waals surface area contributed by atoms with E-state index in [2.05, 4.69) is 10.3 Å². The lowest BCUT2D eigenvalue weighted by molar-refractivity contribution is -0.112. The van der Waals surface area contributed by atoms with Gasteiger partial charge in [0.15, 0.2) is 5.13 Å². The zero-order chi connectivity index (χ0) is 13.2. The van der Waals surface area contributed by atoms with Crippen molar-refractivity contribution >= 4 is 44.4 Å². The lowest BCUT2D eigenvalue weighted by Gasteiger charge is -2.17. The van der Waals surface area contributed by atoms with E-state index in [4.69, 9.17) is 4.74 Å². The number of benzene rings is 1. The summed E-state index contributed by atoms with van der Waals surface area (Å²) >= 11 is 3.00. The molecule has 0 unspecified atom stereocenters. The van der Waals surface area contributed by atoms with Crippen LogP contribution in [0.15, 0.2) is 34.9 Å². The van der Waals surface area contributed by atoms with Crippen LogP contribution in [0.2, 0.25) is 0 Å². The predicted molar refractivity (Wildman–Crippen MR) is 79.4 cm³/mol. The third kappa shape index (κ3) is 2.59. The molecule has 3 rings (SSSR count). The van der Waals surface area contributed by atoms with E-state index in [1.807, 2.05) is 31.2 Å². The van der Waals surface area contributed by atoms with Gasteiger partial charge in [-0.2, -0.15) is 0 Å². The maximum Gasteiger partial charge on any atom is 0.267 e. The van der Waals surface area contributed by atoms with Gasteiger partial charge in [0, 0.05) is 5.75 Å². The first kappa shape index (κ1) is 12.5. The van der Waals surface area contributed by atoms with Gasteiger partial charge in [-0.3, -0.25) is 10.1 Å². The van der Waals surface area contributed by atoms with Crippen molar-refractivity contribution in [2.24, 2.45) is 0 Å². The molecule has 19 heavy (non-hydrogen) atoms. The van der Waals surface area contributed by atoms with Crippen molar-refractivity contribution < 1.29 is 9.53 Å². The highest BCUT2D eigenvalue weighted by molar-refractivity contribution is 8.04. The number of aromatic nitrogens is 1. The lowest BCUT2D eigenvalue weighted by atomic mass is 10.3. The van der Waals surface area contributed by atoms with Crippen molar-refractivity contribution in [2.45, 2.75) is 6.92 Å². The predicted octanol–water partition coefficient (Wildman–Crippen LogP) is 3.23. The number of carbonyl (C=O) groups excluding carboxylic acids is 1. The molecule has 1 aliphatic rings. The standard InChI is InChI=1S/C13H12N2O2S2/c1-8-11(18-7-6-17-8)12(16)15-13-14-9-4-2-3-5-10(9)19-13/h2-5H,6-7H2,1H3,(H,14,15,16). The third-order valence-corrected chi connectivity index (χ3v) is 4.77. The molecule has 6 heteroatoms. The second-order valence-corrected chi connectivity index (χ2v) is 6.16. The first-order valence-electron chi connectivity index (χ1n) is 5.87. The van der Waals surface area contributed by atoms with Gasteiger partial charge < -0.3 is 4.74 Å². The molecule has 2 aromatic rings. The largest absolute Gasteiger partial charge is 0.496 e.